The lowest BCUT2D eigenvalue weighted by molar-refractivity contribution is 0.0765. The standard InChI is InChI=1S/C19H22N4O3/c1-14-12-16-17(26-11-10-25-16)13-15(14)18(24)22-6-3-7-23(9-8-22)19-20-4-2-5-21-19/h2,4-5,12-13H,3,6-11H2,1H3. The lowest BCUT2D eigenvalue weighted by Gasteiger charge is -2.24. The molecule has 136 valence electrons. The molecule has 0 saturated carbocycles. The van der Waals surface area contributed by atoms with Crippen molar-refractivity contribution in [1.29, 1.82) is 0 Å². The normalized spacial score (nSPS) is 17.0. The molecular weight excluding hydrogens is 332 g/mol. The van der Waals surface area contributed by atoms with Crippen molar-refractivity contribution in [3.63, 3.8) is 0 Å². The van der Waals surface area contributed by atoms with Gasteiger partial charge in [-0.05, 0) is 37.1 Å². The zero-order valence-electron chi connectivity index (χ0n) is 14.9. The first-order chi connectivity index (χ1) is 12.7. The first kappa shape index (κ1) is 16.6. The highest BCUT2D eigenvalue weighted by molar-refractivity contribution is 5.96. The van der Waals surface area contributed by atoms with Crippen molar-refractivity contribution in [2.75, 3.05) is 44.3 Å². The van der Waals surface area contributed by atoms with Crippen molar-refractivity contribution in [3.05, 3.63) is 41.7 Å². The molecule has 0 spiro atoms. The van der Waals surface area contributed by atoms with E-state index >= 15 is 0 Å². The average Bonchev–Trinajstić information content (AvgIpc) is 2.94. The van der Waals surface area contributed by atoms with Gasteiger partial charge in [-0.25, -0.2) is 9.97 Å². The van der Waals surface area contributed by atoms with Crippen molar-refractivity contribution in [1.82, 2.24) is 14.9 Å². The molecule has 0 atom stereocenters. The van der Waals surface area contributed by atoms with Crippen molar-refractivity contribution in [3.8, 4) is 11.5 Å². The number of aryl methyl sites for hydroxylation is 1. The number of nitrogens with zero attached hydrogens (tertiary/aromatic N) is 4. The fourth-order valence-corrected chi connectivity index (χ4v) is 3.37. The number of aromatic nitrogens is 2. The number of amides is 1. The number of rotatable bonds is 2. The van der Waals surface area contributed by atoms with Gasteiger partial charge in [0.1, 0.15) is 13.2 Å². The summed E-state index contributed by atoms with van der Waals surface area (Å²) in [4.78, 5) is 25.7. The van der Waals surface area contributed by atoms with Gasteiger partial charge in [0.2, 0.25) is 5.95 Å². The van der Waals surface area contributed by atoms with Gasteiger partial charge in [-0.2, -0.15) is 0 Å². The Labute approximate surface area is 152 Å². The predicted molar refractivity (Wildman–Crippen MR) is 96.9 cm³/mol. The minimum absolute atomic E-state index is 0.0373. The van der Waals surface area contributed by atoms with E-state index in [9.17, 15) is 4.79 Å². The van der Waals surface area contributed by atoms with E-state index in [0.717, 1.165) is 37.6 Å². The molecule has 0 N–H and O–H groups in total. The number of hydrogen-bond acceptors (Lipinski definition) is 6. The van der Waals surface area contributed by atoms with E-state index in [1.54, 1.807) is 12.4 Å². The fourth-order valence-electron chi connectivity index (χ4n) is 3.37. The predicted octanol–water partition coefficient (Wildman–Crippen LogP) is 1.91. The van der Waals surface area contributed by atoms with Crippen LogP contribution in [0.4, 0.5) is 5.95 Å². The smallest absolute Gasteiger partial charge is 0.254 e. The van der Waals surface area contributed by atoms with Crippen LogP contribution in [0, 0.1) is 6.92 Å². The molecule has 1 fully saturated rings. The molecule has 0 radical (unpaired) electrons. The minimum atomic E-state index is 0.0373. The van der Waals surface area contributed by atoms with E-state index < -0.39 is 0 Å². The van der Waals surface area contributed by atoms with Crippen LogP contribution in [0.3, 0.4) is 0 Å². The Kier molecular flexibility index (Phi) is 4.60. The fraction of sp³-hybridized carbons (Fsp3) is 0.421. The number of fused-ring (bicyclic) bond motifs is 1. The van der Waals surface area contributed by atoms with Crippen molar-refractivity contribution in [2.24, 2.45) is 0 Å². The Balaban J connectivity index is 1.50. The molecule has 4 rings (SSSR count). The van der Waals surface area contributed by atoms with Crippen LogP contribution < -0.4 is 14.4 Å². The van der Waals surface area contributed by atoms with E-state index in [0.29, 0.717) is 36.8 Å². The molecule has 2 aromatic rings. The van der Waals surface area contributed by atoms with Gasteiger partial charge < -0.3 is 19.3 Å². The summed E-state index contributed by atoms with van der Waals surface area (Å²) in [6.45, 7) is 5.92. The molecule has 0 bridgehead atoms. The molecule has 2 aliphatic rings. The van der Waals surface area contributed by atoms with Gasteiger partial charge >= 0.3 is 0 Å². The first-order valence-corrected chi connectivity index (χ1v) is 8.94. The lowest BCUT2D eigenvalue weighted by atomic mass is 10.1. The third-order valence-electron chi connectivity index (χ3n) is 4.74. The Morgan fingerprint density at radius 3 is 2.50 bits per heavy atom. The molecule has 1 saturated heterocycles. The molecule has 7 nitrogen and oxygen atoms in total. The van der Waals surface area contributed by atoms with E-state index in [1.165, 1.54) is 0 Å². The molecule has 1 amide bonds. The van der Waals surface area contributed by atoms with Crippen molar-refractivity contribution < 1.29 is 14.3 Å². The summed E-state index contributed by atoms with van der Waals surface area (Å²) >= 11 is 0. The SMILES string of the molecule is Cc1cc2c(cc1C(=O)N1CCCN(c3ncccn3)CC1)OCCO2. The first-order valence-electron chi connectivity index (χ1n) is 8.94. The van der Waals surface area contributed by atoms with Crippen LogP contribution in [-0.2, 0) is 0 Å². The number of carbonyl (C=O) groups is 1. The summed E-state index contributed by atoms with van der Waals surface area (Å²) in [6.07, 6.45) is 4.37. The average molecular weight is 354 g/mol. The third-order valence-corrected chi connectivity index (χ3v) is 4.74. The van der Waals surface area contributed by atoms with Crippen LogP contribution in [0.5, 0.6) is 11.5 Å². The summed E-state index contributed by atoms with van der Waals surface area (Å²) in [5.74, 6) is 2.13. The maximum atomic E-state index is 13.1. The summed E-state index contributed by atoms with van der Waals surface area (Å²) in [5.41, 5.74) is 1.59. The van der Waals surface area contributed by atoms with Crippen LogP contribution in [-0.4, -0.2) is 60.2 Å². The molecule has 7 heteroatoms. The van der Waals surface area contributed by atoms with Gasteiger partial charge in [-0.3, -0.25) is 4.79 Å². The molecule has 26 heavy (non-hydrogen) atoms. The second-order valence-corrected chi connectivity index (χ2v) is 6.49. The number of ether oxygens (including phenoxy) is 2. The molecule has 0 aliphatic carbocycles. The van der Waals surface area contributed by atoms with Gasteiger partial charge in [0.05, 0.1) is 0 Å². The largest absolute Gasteiger partial charge is 0.486 e. The highest BCUT2D eigenvalue weighted by Gasteiger charge is 2.24. The molecule has 3 heterocycles. The number of hydrogen-bond donors (Lipinski definition) is 0. The Bertz CT molecular complexity index is 797. The van der Waals surface area contributed by atoms with Crippen molar-refractivity contribution >= 4 is 11.9 Å². The van der Waals surface area contributed by atoms with Gasteiger partial charge in [-0.1, -0.05) is 0 Å². The second kappa shape index (κ2) is 7.19. The Morgan fingerprint density at radius 2 is 1.73 bits per heavy atom. The van der Waals surface area contributed by atoms with Crippen LogP contribution in [0.25, 0.3) is 0 Å². The zero-order chi connectivity index (χ0) is 17.9. The van der Waals surface area contributed by atoms with E-state index in [2.05, 4.69) is 14.9 Å². The monoisotopic (exact) mass is 354 g/mol. The van der Waals surface area contributed by atoms with E-state index in [1.807, 2.05) is 30.0 Å². The molecule has 0 unspecified atom stereocenters. The third kappa shape index (κ3) is 3.29. The molecular formula is C19H22N4O3. The summed E-state index contributed by atoms with van der Waals surface area (Å²) < 4.78 is 11.2. The summed E-state index contributed by atoms with van der Waals surface area (Å²) in [5, 5.41) is 0. The van der Waals surface area contributed by atoms with Crippen LogP contribution in [0.1, 0.15) is 22.3 Å². The molecule has 1 aromatic heterocycles. The number of carbonyl (C=O) groups excluding carboxylic acids is 1. The summed E-state index contributed by atoms with van der Waals surface area (Å²) in [7, 11) is 0. The van der Waals surface area contributed by atoms with Gasteiger partial charge in [0.25, 0.3) is 5.91 Å². The van der Waals surface area contributed by atoms with Crippen LogP contribution in [0.15, 0.2) is 30.6 Å². The van der Waals surface area contributed by atoms with E-state index in [-0.39, 0.29) is 5.91 Å². The Hall–Kier alpha value is -2.83. The molecule has 1 aromatic carbocycles. The van der Waals surface area contributed by atoms with E-state index in [4.69, 9.17) is 9.47 Å². The quantitative estimate of drug-likeness (QED) is 0.821. The zero-order valence-corrected chi connectivity index (χ0v) is 14.9. The topological polar surface area (TPSA) is 67.8 Å². The van der Waals surface area contributed by atoms with Crippen molar-refractivity contribution in [2.45, 2.75) is 13.3 Å². The van der Waals surface area contributed by atoms with Gasteiger partial charge in [0.15, 0.2) is 11.5 Å². The number of benzene rings is 1. The van der Waals surface area contributed by atoms with Gasteiger partial charge in [0, 0.05) is 44.1 Å². The maximum absolute atomic E-state index is 13.1. The highest BCUT2D eigenvalue weighted by atomic mass is 16.6. The van der Waals surface area contributed by atoms with Crippen LogP contribution in [0.2, 0.25) is 0 Å². The summed E-state index contributed by atoms with van der Waals surface area (Å²) in [6, 6.07) is 5.51. The maximum Gasteiger partial charge on any atom is 0.254 e. The van der Waals surface area contributed by atoms with Gasteiger partial charge in [-0.15, -0.1) is 0 Å². The van der Waals surface area contributed by atoms with Crippen LogP contribution >= 0.6 is 0 Å². The Morgan fingerprint density at radius 1 is 1.00 bits per heavy atom. The highest BCUT2D eigenvalue weighted by Crippen LogP contribution is 2.33. The molecule has 2 aliphatic heterocycles. The second-order valence-electron chi connectivity index (χ2n) is 6.49. The number of anilines is 1. The lowest BCUT2D eigenvalue weighted by Crippen LogP contribution is -2.36. The minimum Gasteiger partial charge on any atom is -0.486 e.